The predicted molar refractivity (Wildman–Crippen MR) is 45.7 cm³/mol. The van der Waals surface area contributed by atoms with Crippen LogP contribution in [0.3, 0.4) is 0 Å². The second-order valence-corrected chi connectivity index (χ2v) is 2.30. The largest absolute Gasteiger partial charge is 0.258 e. The first-order valence-electron chi connectivity index (χ1n) is 3.98. The van der Waals surface area contributed by atoms with E-state index in [1.54, 1.807) is 0 Å². The quantitative estimate of drug-likeness (QED) is 0.319. The van der Waals surface area contributed by atoms with Gasteiger partial charge in [0.25, 0.3) is 0 Å². The van der Waals surface area contributed by atoms with Gasteiger partial charge in [-0.3, -0.25) is 10.9 Å². The lowest BCUT2D eigenvalue weighted by atomic mass is 10.2. The fraction of sp³-hybridized carbons (Fsp3) is 0.750. The zero-order chi connectivity index (χ0) is 7.66. The second-order valence-electron chi connectivity index (χ2n) is 2.30. The Balaban J connectivity index is 2.70. The molecule has 0 aromatic rings. The molecule has 0 amide bonds. The minimum absolute atomic E-state index is 0.839. The van der Waals surface area contributed by atoms with Crippen LogP contribution in [0.4, 0.5) is 0 Å². The third kappa shape index (κ3) is 7.66. The maximum absolute atomic E-state index is 3.59. The Morgan fingerprint density at radius 1 is 1.30 bits per heavy atom. The van der Waals surface area contributed by atoms with Crippen LogP contribution in [0.15, 0.2) is 12.7 Å². The molecule has 2 nitrogen and oxygen atoms in total. The summed E-state index contributed by atoms with van der Waals surface area (Å²) >= 11 is 0. The van der Waals surface area contributed by atoms with Crippen LogP contribution in [0.5, 0.6) is 0 Å². The van der Waals surface area contributed by atoms with E-state index in [1.807, 2.05) is 6.08 Å². The third-order valence-electron chi connectivity index (χ3n) is 1.28. The van der Waals surface area contributed by atoms with Gasteiger partial charge in [-0.05, 0) is 6.42 Å². The van der Waals surface area contributed by atoms with Gasteiger partial charge in [-0.2, -0.15) is 0 Å². The van der Waals surface area contributed by atoms with Gasteiger partial charge >= 0.3 is 0 Å². The molecule has 0 aliphatic carbocycles. The fourth-order valence-corrected chi connectivity index (χ4v) is 0.696. The standard InChI is InChI=1S/C8H18N2/c1-3-5-6-8-10-9-7-4-2/h4,9-10H,2-3,5-8H2,1H3. The lowest BCUT2D eigenvalue weighted by Gasteiger charge is -2.02. The molecule has 10 heavy (non-hydrogen) atoms. The molecule has 0 radical (unpaired) electrons. The molecule has 0 aliphatic heterocycles. The zero-order valence-corrected chi connectivity index (χ0v) is 6.82. The number of hydrogen-bond acceptors (Lipinski definition) is 2. The average Bonchev–Trinajstić information content (AvgIpc) is 1.97. The van der Waals surface area contributed by atoms with Gasteiger partial charge < -0.3 is 0 Å². The van der Waals surface area contributed by atoms with Gasteiger partial charge in [0.1, 0.15) is 0 Å². The van der Waals surface area contributed by atoms with Crippen molar-refractivity contribution in [3.63, 3.8) is 0 Å². The van der Waals surface area contributed by atoms with Crippen LogP contribution in [0.25, 0.3) is 0 Å². The highest BCUT2D eigenvalue weighted by Gasteiger charge is 1.83. The molecule has 60 valence electrons. The van der Waals surface area contributed by atoms with Crippen molar-refractivity contribution in [2.24, 2.45) is 0 Å². The van der Waals surface area contributed by atoms with Crippen molar-refractivity contribution in [3.8, 4) is 0 Å². The monoisotopic (exact) mass is 142 g/mol. The molecule has 0 unspecified atom stereocenters. The summed E-state index contributed by atoms with van der Waals surface area (Å²) in [6.45, 7) is 7.69. The SMILES string of the molecule is C=CCNNCCCCC. The van der Waals surface area contributed by atoms with E-state index in [0.29, 0.717) is 0 Å². The van der Waals surface area contributed by atoms with Crippen molar-refractivity contribution in [1.29, 1.82) is 0 Å². The van der Waals surface area contributed by atoms with E-state index >= 15 is 0 Å². The van der Waals surface area contributed by atoms with E-state index in [4.69, 9.17) is 0 Å². The van der Waals surface area contributed by atoms with Gasteiger partial charge in [-0.15, -0.1) is 6.58 Å². The summed E-state index contributed by atoms with van der Waals surface area (Å²) in [6, 6.07) is 0. The molecule has 0 bridgehead atoms. The topological polar surface area (TPSA) is 24.1 Å². The highest BCUT2D eigenvalue weighted by molar-refractivity contribution is 4.67. The van der Waals surface area contributed by atoms with Crippen LogP contribution in [-0.2, 0) is 0 Å². The second kappa shape index (κ2) is 8.66. The lowest BCUT2D eigenvalue weighted by Crippen LogP contribution is -2.32. The Labute approximate surface area is 63.7 Å². The molecule has 0 saturated carbocycles. The van der Waals surface area contributed by atoms with E-state index < -0.39 is 0 Å². The van der Waals surface area contributed by atoms with Crippen molar-refractivity contribution in [1.82, 2.24) is 10.9 Å². The molecule has 0 aromatic heterocycles. The van der Waals surface area contributed by atoms with Gasteiger partial charge in [0.2, 0.25) is 0 Å². The number of hydrogen-bond donors (Lipinski definition) is 2. The van der Waals surface area contributed by atoms with Crippen molar-refractivity contribution in [2.45, 2.75) is 26.2 Å². The number of rotatable bonds is 7. The summed E-state index contributed by atoms with van der Waals surface area (Å²) in [4.78, 5) is 0. The molecular formula is C8H18N2. The number of unbranched alkanes of at least 4 members (excludes halogenated alkanes) is 2. The average molecular weight is 142 g/mol. The molecule has 2 N–H and O–H groups in total. The predicted octanol–water partition coefficient (Wildman–Crippen LogP) is 1.46. The summed E-state index contributed by atoms with van der Waals surface area (Å²) in [7, 11) is 0. The summed E-state index contributed by atoms with van der Waals surface area (Å²) in [5.74, 6) is 0. The normalized spacial score (nSPS) is 9.70. The molecule has 0 heterocycles. The fourth-order valence-electron chi connectivity index (χ4n) is 0.696. The van der Waals surface area contributed by atoms with Crippen molar-refractivity contribution in [3.05, 3.63) is 12.7 Å². The van der Waals surface area contributed by atoms with E-state index in [-0.39, 0.29) is 0 Å². The summed E-state index contributed by atoms with van der Waals surface area (Å²) in [6.07, 6.45) is 5.68. The van der Waals surface area contributed by atoms with Crippen molar-refractivity contribution < 1.29 is 0 Å². The Hall–Kier alpha value is -0.340. The van der Waals surface area contributed by atoms with Crippen LogP contribution >= 0.6 is 0 Å². The molecule has 0 atom stereocenters. The minimum atomic E-state index is 0.839. The highest BCUT2D eigenvalue weighted by Crippen LogP contribution is 1.89. The Bertz CT molecular complexity index is 71.7. The van der Waals surface area contributed by atoms with E-state index in [9.17, 15) is 0 Å². The van der Waals surface area contributed by atoms with E-state index in [0.717, 1.165) is 13.1 Å². The molecule has 0 fully saturated rings. The smallest absolute Gasteiger partial charge is 0.0278 e. The van der Waals surface area contributed by atoms with Crippen LogP contribution in [0.1, 0.15) is 26.2 Å². The van der Waals surface area contributed by atoms with Gasteiger partial charge in [-0.25, -0.2) is 0 Å². The Morgan fingerprint density at radius 3 is 2.70 bits per heavy atom. The molecular weight excluding hydrogens is 124 g/mol. The summed E-state index contributed by atoms with van der Waals surface area (Å²) < 4.78 is 0. The van der Waals surface area contributed by atoms with Gasteiger partial charge in [0, 0.05) is 13.1 Å². The molecule has 2 heteroatoms. The van der Waals surface area contributed by atoms with Crippen molar-refractivity contribution >= 4 is 0 Å². The summed E-state index contributed by atoms with van der Waals surface area (Å²) in [5, 5.41) is 0. The van der Waals surface area contributed by atoms with Crippen molar-refractivity contribution in [2.75, 3.05) is 13.1 Å². The maximum Gasteiger partial charge on any atom is 0.0278 e. The zero-order valence-electron chi connectivity index (χ0n) is 6.82. The third-order valence-corrected chi connectivity index (χ3v) is 1.28. The molecule has 0 aromatic carbocycles. The Morgan fingerprint density at radius 2 is 2.10 bits per heavy atom. The van der Waals surface area contributed by atoms with Crippen LogP contribution in [0.2, 0.25) is 0 Å². The van der Waals surface area contributed by atoms with Gasteiger partial charge in [0.05, 0.1) is 0 Å². The summed E-state index contributed by atoms with van der Waals surface area (Å²) in [5.41, 5.74) is 6.13. The first-order valence-corrected chi connectivity index (χ1v) is 3.98. The Kier molecular flexibility index (Phi) is 8.37. The first kappa shape index (κ1) is 9.66. The minimum Gasteiger partial charge on any atom is -0.258 e. The molecule has 0 aliphatic rings. The van der Waals surface area contributed by atoms with Gasteiger partial charge in [0.15, 0.2) is 0 Å². The molecule has 0 saturated heterocycles. The van der Waals surface area contributed by atoms with E-state index in [1.165, 1.54) is 19.3 Å². The highest BCUT2D eigenvalue weighted by atomic mass is 15.3. The maximum atomic E-state index is 3.59. The van der Waals surface area contributed by atoms with Crippen LogP contribution in [-0.4, -0.2) is 13.1 Å². The molecule has 0 rings (SSSR count). The lowest BCUT2D eigenvalue weighted by molar-refractivity contribution is 0.537. The molecule has 0 spiro atoms. The van der Waals surface area contributed by atoms with Gasteiger partial charge in [-0.1, -0.05) is 25.8 Å². The van der Waals surface area contributed by atoms with Crippen LogP contribution in [0, 0.1) is 0 Å². The number of nitrogens with one attached hydrogen (secondary N) is 2. The van der Waals surface area contributed by atoms with Crippen LogP contribution < -0.4 is 10.9 Å². The first-order chi connectivity index (χ1) is 4.91. The van der Waals surface area contributed by atoms with E-state index in [2.05, 4.69) is 24.4 Å². The number of hydrazine groups is 1.